The van der Waals surface area contributed by atoms with Gasteiger partial charge in [0, 0.05) is 0 Å². The highest BCUT2D eigenvalue weighted by Gasteiger charge is 2.02. The summed E-state index contributed by atoms with van der Waals surface area (Å²) >= 11 is 0. The summed E-state index contributed by atoms with van der Waals surface area (Å²) in [7, 11) is -3.83. The Labute approximate surface area is 73.0 Å². The average Bonchev–Trinajstić information content (AvgIpc) is 1.96. The van der Waals surface area contributed by atoms with Gasteiger partial charge in [-0.1, -0.05) is 6.08 Å². The van der Waals surface area contributed by atoms with E-state index in [-0.39, 0.29) is 5.75 Å². The minimum atomic E-state index is -3.83. The average molecular weight is 194 g/mol. The molecule has 0 bridgehead atoms. The van der Waals surface area contributed by atoms with Gasteiger partial charge < -0.3 is 4.74 Å². The molecule has 0 amide bonds. The van der Waals surface area contributed by atoms with Crippen molar-refractivity contribution >= 4 is 10.1 Å². The van der Waals surface area contributed by atoms with Gasteiger partial charge in [0.05, 0.1) is 18.1 Å². The monoisotopic (exact) mass is 194 g/mol. The maximum absolute atomic E-state index is 10.2. The minimum Gasteiger partial charge on any atom is -0.499 e. The molecule has 72 valence electrons. The minimum absolute atomic E-state index is 0.246. The van der Waals surface area contributed by atoms with Crippen molar-refractivity contribution in [1.82, 2.24) is 0 Å². The molecule has 0 unspecified atom stereocenters. The lowest BCUT2D eigenvalue weighted by molar-refractivity contribution is 0.214. The van der Waals surface area contributed by atoms with Crippen molar-refractivity contribution in [2.45, 2.75) is 20.3 Å². The zero-order valence-corrected chi connectivity index (χ0v) is 8.10. The molecular formula is C7H14O4S. The maximum atomic E-state index is 10.2. The molecule has 0 saturated carbocycles. The van der Waals surface area contributed by atoms with Crippen LogP contribution in [0.5, 0.6) is 0 Å². The highest BCUT2D eigenvalue weighted by atomic mass is 32.2. The van der Waals surface area contributed by atoms with E-state index in [0.717, 1.165) is 5.76 Å². The van der Waals surface area contributed by atoms with Gasteiger partial charge in [-0.25, -0.2) is 0 Å². The van der Waals surface area contributed by atoms with Crippen molar-refractivity contribution in [2.24, 2.45) is 0 Å². The Morgan fingerprint density at radius 3 is 2.58 bits per heavy atom. The van der Waals surface area contributed by atoms with E-state index in [9.17, 15) is 8.42 Å². The predicted octanol–water partition coefficient (Wildman–Crippen LogP) is 1.20. The summed E-state index contributed by atoms with van der Waals surface area (Å²) in [6.45, 7) is 3.93. The molecule has 0 aromatic rings. The Balaban J connectivity index is 3.47. The molecule has 0 aromatic carbocycles. The van der Waals surface area contributed by atoms with Gasteiger partial charge in [-0.05, 0) is 20.3 Å². The molecule has 0 atom stereocenters. The fourth-order valence-electron chi connectivity index (χ4n) is 0.558. The molecule has 5 heteroatoms. The van der Waals surface area contributed by atoms with E-state index in [2.05, 4.69) is 0 Å². The Bertz CT molecular complexity index is 240. The summed E-state index contributed by atoms with van der Waals surface area (Å²) in [5.41, 5.74) is 0. The fourth-order valence-corrected chi connectivity index (χ4v) is 1.04. The predicted molar refractivity (Wildman–Crippen MR) is 46.4 cm³/mol. The largest absolute Gasteiger partial charge is 0.499 e. The van der Waals surface area contributed by atoms with E-state index in [0.29, 0.717) is 13.0 Å². The highest BCUT2D eigenvalue weighted by molar-refractivity contribution is 7.85. The van der Waals surface area contributed by atoms with Crippen LogP contribution in [0.1, 0.15) is 20.3 Å². The molecule has 0 fully saturated rings. The van der Waals surface area contributed by atoms with E-state index in [4.69, 9.17) is 9.29 Å². The van der Waals surface area contributed by atoms with Crippen molar-refractivity contribution in [3.8, 4) is 0 Å². The first-order valence-electron chi connectivity index (χ1n) is 3.66. The number of hydrogen-bond acceptors (Lipinski definition) is 3. The molecule has 0 rings (SSSR count). The molecule has 1 N–H and O–H groups in total. The summed E-state index contributed by atoms with van der Waals surface area (Å²) in [6, 6.07) is 0. The Morgan fingerprint density at radius 1 is 1.58 bits per heavy atom. The molecule has 0 saturated heterocycles. The van der Waals surface area contributed by atoms with Gasteiger partial charge in [-0.2, -0.15) is 8.42 Å². The van der Waals surface area contributed by atoms with Crippen LogP contribution >= 0.6 is 0 Å². The standard InChI is InChI=1S/C7H14O4S/c1-3-7(2)11-5-4-6-12(8,9)10/h3H,4-6H2,1-2H3,(H,8,9,10)/b7-3+. The Kier molecular flexibility index (Phi) is 4.92. The second-order valence-corrected chi connectivity index (χ2v) is 3.96. The van der Waals surface area contributed by atoms with Crippen molar-refractivity contribution in [3.05, 3.63) is 11.8 Å². The molecule has 0 aliphatic rings. The van der Waals surface area contributed by atoms with E-state index in [1.807, 2.05) is 6.92 Å². The molecule has 0 radical (unpaired) electrons. The normalized spacial score (nSPS) is 13.1. The Morgan fingerprint density at radius 2 is 2.17 bits per heavy atom. The van der Waals surface area contributed by atoms with E-state index in [1.165, 1.54) is 0 Å². The third kappa shape index (κ3) is 7.56. The van der Waals surface area contributed by atoms with Crippen LogP contribution in [0, 0.1) is 0 Å². The molecular weight excluding hydrogens is 180 g/mol. The van der Waals surface area contributed by atoms with Crippen LogP contribution in [-0.2, 0) is 14.9 Å². The highest BCUT2D eigenvalue weighted by Crippen LogP contribution is 1.97. The van der Waals surface area contributed by atoms with Gasteiger partial charge in [0.1, 0.15) is 0 Å². The zero-order chi connectivity index (χ0) is 9.61. The third-order valence-corrected chi connectivity index (χ3v) is 2.09. The van der Waals surface area contributed by atoms with Crippen LogP contribution in [0.4, 0.5) is 0 Å². The lowest BCUT2D eigenvalue weighted by Gasteiger charge is -2.03. The smallest absolute Gasteiger partial charge is 0.264 e. The lowest BCUT2D eigenvalue weighted by atomic mass is 10.5. The lowest BCUT2D eigenvalue weighted by Crippen LogP contribution is -2.06. The van der Waals surface area contributed by atoms with Crippen LogP contribution in [0.25, 0.3) is 0 Å². The van der Waals surface area contributed by atoms with E-state index in [1.54, 1.807) is 13.0 Å². The second-order valence-electron chi connectivity index (χ2n) is 2.39. The van der Waals surface area contributed by atoms with Gasteiger partial charge in [0.15, 0.2) is 0 Å². The van der Waals surface area contributed by atoms with Crippen LogP contribution < -0.4 is 0 Å². The SMILES string of the molecule is C/C=C(\C)OCCCS(=O)(=O)O. The van der Waals surface area contributed by atoms with Gasteiger partial charge in [-0.15, -0.1) is 0 Å². The number of ether oxygens (including phenoxy) is 1. The van der Waals surface area contributed by atoms with Crippen LogP contribution in [-0.4, -0.2) is 25.3 Å². The summed E-state index contributed by atoms with van der Waals surface area (Å²) in [5, 5.41) is 0. The van der Waals surface area contributed by atoms with E-state index < -0.39 is 10.1 Å². The summed E-state index contributed by atoms with van der Waals surface area (Å²) in [5.74, 6) is 0.509. The summed E-state index contributed by atoms with van der Waals surface area (Å²) < 4.78 is 33.9. The van der Waals surface area contributed by atoms with Gasteiger partial charge in [-0.3, -0.25) is 4.55 Å². The first-order chi connectivity index (χ1) is 5.45. The third-order valence-electron chi connectivity index (χ3n) is 1.28. The number of rotatable bonds is 5. The van der Waals surface area contributed by atoms with E-state index >= 15 is 0 Å². The topological polar surface area (TPSA) is 63.6 Å². The van der Waals surface area contributed by atoms with Crippen LogP contribution in [0.15, 0.2) is 11.8 Å². The van der Waals surface area contributed by atoms with Gasteiger partial charge in [0.25, 0.3) is 10.1 Å². The molecule has 0 heterocycles. The fraction of sp³-hybridized carbons (Fsp3) is 0.714. The number of allylic oxidation sites excluding steroid dienone is 2. The molecule has 0 spiro atoms. The molecule has 4 nitrogen and oxygen atoms in total. The van der Waals surface area contributed by atoms with Crippen molar-refractivity contribution < 1.29 is 17.7 Å². The van der Waals surface area contributed by atoms with Crippen molar-refractivity contribution in [3.63, 3.8) is 0 Å². The first kappa shape index (κ1) is 11.4. The van der Waals surface area contributed by atoms with Crippen LogP contribution in [0.3, 0.4) is 0 Å². The van der Waals surface area contributed by atoms with Crippen molar-refractivity contribution in [1.29, 1.82) is 0 Å². The molecule has 0 aromatic heterocycles. The quantitative estimate of drug-likeness (QED) is 0.406. The molecule has 0 aliphatic heterocycles. The van der Waals surface area contributed by atoms with Gasteiger partial charge >= 0.3 is 0 Å². The van der Waals surface area contributed by atoms with Crippen LogP contribution in [0.2, 0.25) is 0 Å². The van der Waals surface area contributed by atoms with Gasteiger partial charge in [0.2, 0.25) is 0 Å². The van der Waals surface area contributed by atoms with Crippen molar-refractivity contribution in [2.75, 3.05) is 12.4 Å². The summed E-state index contributed by atoms with van der Waals surface area (Å²) in [6.07, 6.45) is 2.09. The molecule has 12 heavy (non-hydrogen) atoms. The summed E-state index contributed by atoms with van der Waals surface area (Å²) in [4.78, 5) is 0. The Hall–Kier alpha value is -0.550. The zero-order valence-electron chi connectivity index (χ0n) is 7.28. The second kappa shape index (κ2) is 5.16. The molecule has 0 aliphatic carbocycles. The number of hydrogen-bond donors (Lipinski definition) is 1. The maximum Gasteiger partial charge on any atom is 0.264 e. The first-order valence-corrected chi connectivity index (χ1v) is 5.27.